The summed E-state index contributed by atoms with van der Waals surface area (Å²) in [6.45, 7) is 7.45. The standard InChI is InChI=1S/C23H39ClN2O3/c1-16-13-23(15-27-11-9-25-23)21-14-29-18-7-5-17(6-8-18)19-3-2-4-20(24)22(19)28-12-10-26(16)21/h16-22,25H,2-15H2,1H3/t16-,17?,18?,19?,20?,21-,22?,23+/m1/s1. The Hall–Kier alpha value is 0.0900. The van der Waals surface area contributed by atoms with Crippen LogP contribution in [0.4, 0.5) is 0 Å². The van der Waals surface area contributed by atoms with Gasteiger partial charge in [0.2, 0.25) is 0 Å². The van der Waals surface area contributed by atoms with Gasteiger partial charge in [-0.05, 0) is 63.7 Å². The van der Waals surface area contributed by atoms with Gasteiger partial charge in [0.25, 0.3) is 0 Å². The zero-order chi connectivity index (χ0) is 19.8. The topological polar surface area (TPSA) is 43.0 Å². The minimum Gasteiger partial charge on any atom is -0.378 e. The average Bonchev–Trinajstić information content (AvgIpc) is 2.99. The summed E-state index contributed by atoms with van der Waals surface area (Å²) in [6.07, 6.45) is 10.4. The molecular weight excluding hydrogens is 388 g/mol. The maximum Gasteiger partial charge on any atom is 0.0769 e. The summed E-state index contributed by atoms with van der Waals surface area (Å²) < 4.78 is 19.1. The van der Waals surface area contributed by atoms with Crippen LogP contribution in [-0.2, 0) is 14.2 Å². The SMILES string of the molecule is C[C@@H]1C[C@]2(COCCN2)[C@H]2COC3CCC(CC3)C3CCCC(Cl)C3OCCN12. The van der Waals surface area contributed by atoms with Crippen molar-refractivity contribution in [3.8, 4) is 0 Å². The van der Waals surface area contributed by atoms with Gasteiger partial charge in [-0.15, -0.1) is 11.6 Å². The zero-order valence-corrected chi connectivity index (χ0v) is 18.7. The molecule has 2 aliphatic carbocycles. The molecule has 29 heavy (non-hydrogen) atoms. The Morgan fingerprint density at radius 2 is 1.90 bits per heavy atom. The second-order valence-electron chi connectivity index (χ2n) is 10.3. The van der Waals surface area contributed by atoms with Crippen LogP contribution in [0.25, 0.3) is 0 Å². The second kappa shape index (κ2) is 8.91. The van der Waals surface area contributed by atoms with Crippen LogP contribution in [0.15, 0.2) is 0 Å². The van der Waals surface area contributed by atoms with E-state index < -0.39 is 0 Å². The molecule has 2 bridgehead atoms. The molecule has 0 aromatic carbocycles. The Morgan fingerprint density at radius 3 is 2.69 bits per heavy atom. The molecule has 1 spiro atoms. The molecule has 6 heteroatoms. The van der Waals surface area contributed by atoms with Crippen molar-refractivity contribution in [2.45, 2.75) is 93.5 Å². The van der Waals surface area contributed by atoms with Crippen LogP contribution in [0.3, 0.4) is 0 Å². The Labute approximate surface area is 181 Å². The third kappa shape index (κ3) is 4.12. The highest BCUT2D eigenvalue weighted by molar-refractivity contribution is 6.21. The Kier molecular flexibility index (Phi) is 6.44. The van der Waals surface area contributed by atoms with Crippen LogP contribution in [-0.4, -0.2) is 79.6 Å². The Morgan fingerprint density at radius 1 is 1.03 bits per heavy atom. The van der Waals surface area contributed by atoms with Crippen molar-refractivity contribution < 1.29 is 14.2 Å². The Bertz CT molecular complexity index is 550. The van der Waals surface area contributed by atoms with E-state index in [4.69, 9.17) is 25.8 Å². The lowest BCUT2D eigenvalue weighted by molar-refractivity contribution is -0.0508. The highest BCUT2D eigenvalue weighted by atomic mass is 35.5. The molecule has 1 N–H and O–H groups in total. The molecule has 0 aromatic heterocycles. The van der Waals surface area contributed by atoms with Gasteiger partial charge in [0.15, 0.2) is 0 Å². The smallest absolute Gasteiger partial charge is 0.0769 e. The molecule has 3 unspecified atom stereocenters. The van der Waals surface area contributed by atoms with Gasteiger partial charge >= 0.3 is 0 Å². The second-order valence-corrected chi connectivity index (χ2v) is 10.8. The predicted molar refractivity (Wildman–Crippen MR) is 115 cm³/mol. The minimum absolute atomic E-state index is 0.0252. The van der Waals surface area contributed by atoms with Gasteiger partial charge in [-0.2, -0.15) is 0 Å². The lowest BCUT2D eigenvalue weighted by Crippen LogP contribution is -2.63. The number of morpholine rings is 1. The van der Waals surface area contributed by atoms with Crippen molar-refractivity contribution in [3.05, 3.63) is 0 Å². The first-order valence-electron chi connectivity index (χ1n) is 12.1. The molecule has 6 fully saturated rings. The fourth-order valence-corrected chi connectivity index (χ4v) is 7.56. The number of alkyl halides is 1. The molecule has 166 valence electrons. The summed E-state index contributed by atoms with van der Waals surface area (Å²) >= 11 is 6.82. The van der Waals surface area contributed by atoms with E-state index in [0.29, 0.717) is 24.1 Å². The number of ether oxygens (including phenoxy) is 3. The summed E-state index contributed by atoms with van der Waals surface area (Å²) in [7, 11) is 0. The van der Waals surface area contributed by atoms with Crippen molar-refractivity contribution in [1.29, 1.82) is 0 Å². The van der Waals surface area contributed by atoms with Crippen LogP contribution in [0.2, 0.25) is 0 Å². The number of rotatable bonds is 0. The molecule has 0 aromatic rings. The fraction of sp³-hybridized carbons (Fsp3) is 1.00. The van der Waals surface area contributed by atoms with Crippen LogP contribution < -0.4 is 5.32 Å². The van der Waals surface area contributed by atoms with E-state index in [2.05, 4.69) is 17.1 Å². The van der Waals surface area contributed by atoms with Gasteiger partial charge in [-0.25, -0.2) is 0 Å². The van der Waals surface area contributed by atoms with E-state index in [0.717, 1.165) is 58.3 Å². The van der Waals surface area contributed by atoms with Gasteiger partial charge in [-0.3, -0.25) is 4.90 Å². The molecule has 4 saturated heterocycles. The maximum atomic E-state index is 6.82. The molecular formula is C23H39ClN2O3. The van der Waals surface area contributed by atoms with E-state index in [1.807, 2.05) is 0 Å². The van der Waals surface area contributed by atoms with Gasteiger partial charge in [0.05, 0.1) is 55.6 Å². The van der Waals surface area contributed by atoms with Crippen LogP contribution in [0.5, 0.6) is 0 Å². The van der Waals surface area contributed by atoms with E-state index in [-0.39, 0.29) is 17.0 Å². The molecule has 6 aliphatic rings. The van der Waals surface area contributed by atoms with Crippen LogP contribution >= 0.6 is 11.6 Å². The third-order valence-corrected chi connectivity index (χ3v) is 9.08. The minimum atomic E-state index is 0.0252. The van der Waals surface area contributed by atoms with Crippen molar-refractivity contribution in [2.24, 2.45) is 11.8 Å². The molecule has 4 heterocycles. The number of nitrogens with one attached hydrogen (secondary N) is 1. The first-order valence-corrected chi connectivity index (χ1v) is 12.6. The highest BCUT2D eigenvalue weighted by Crippen LogP contribution is 2.43. The molecule has 4 aliphatic heterocycles. The molecule has 6 rings (SSSR count). The molecule has 0 radical (unpaired) electrons. The summed E-state index contributed by atoms with van der Waals surface area (Å²) in [4.78, 5) is 2.63. The van der Waals surface area contributed by atoms with Crippen molar-refractivity contribution in [1.82, 2.24) is 10.2 Å². The number of halogens is 1. The molecule has 0 amide bonds. The van der Waals surface area contributed by atoms with Crippen molar-refractivity contribution in [3.63, 3.8) is 0 Å². The largest absolute Gasteiger partial charge is 0.378 e. The molecule has 6 atom stereocenters. The van der Waals surface area contributed by atoms with E-state index >= 15 is 0 Å². The molecule has 2 saturated carbocycles. The van der Waals surface area contributed by atoms with Gasteiger partial charge in [-0.1, -0.05) is 6.42 Å². The summed E-state index contributed by atoms with van der Waals surface area (Å²) in [6, 6.07) is 0.866. The normalized spacial score (nSPS) is 49.7. The first-order chi connectivity index (χ1) is 14.2. The van der Waals surface area contributed by atoms with E-state index in [1.54, 1.807) is 0 Å². The predicted octanol–water partition coefficient (Wildman–Crippen LogP) is 3.19. The number of hydrogen-bond donors (Lipinski definition) is 1. The molecule has 5 nitrogen and oxygen atoms in total. The summed E-state index contributed by atoms with van der Waals surface area (Å²) in [5.74, 6) is 1.40. The van der Waals surface area contributed by atoms with Gasteiger partial charge in [0.1, 0.15) is 0 Å². The Balaban J connectivity index is 1.37. The number of hydrogen-bond acceptors (Lipinski definition) is 5. The van der Waals surface area contributed by atoms with Crippen molar-refractivity contribution >= 4 is 11.6 Å². The first kappa shape index (κ1) is 21.0. The van der Waals surface area contributed by atoms with Crippen molar-refractivity contribution in [2.75, 3.05) is 39.5 Å². The lowest BCUT2D eigenvalue weighted by atomic mass is 9.71. The summed E-state index contributed by atoms with van der Waals surface area (Å²) in [5.41, 5.74) is 0.0252. The fourth-order valence-electron chi connectivity index (χ4n) is 7.14. The van der Waals surface area contributed by atoms with Gasteiger partial charge < -0.3 is 19.5 Å². The van der Waals surface area contributed by atoms with Crippen LogP contribution in [0.1, 0.15) is 58.3 Å². The number of nitrogens with zero attached hydrogens (tertiary/aromatic N) is 1. The lowest BCUT2D eigenvalue weighted by Gasteiger charge is -2.42. The van der Waals surface area contributed by atoms with Crippen LogP contribution in [0, 0.1) is 11.8 Å². The average molecular weight is 427 g/mol. The van der Waals surface area contributed by atoms with E-state index in [1.165, 1.54) is 38.5 Å². The highest BCUT2D eigenvalue weighted by Gasteiger charge is 2.52. The quantitative estimate of drug-likeness (QED) is 0.602. The van der Waals surface area contributed by atoms with E-state index in [9.17, 15) is 0 Å². The third-order valence-electron chi connectivity index (χ3n) is 8.62. The zero-order valence-electron chi connectivity index (χ0n) is 18.0. The summed E-state index contributed by atoms with van der Waals surface area (Å²) in [5, 5.41) is 4.02. The monoisotopic (exact) mass is 426 g/mol. The maximum absolute atomic E-state index is 6.82. The number of fused-ring (bicyclic) bond motifs is 5. The van der Waals surface area contributed by atoms with Gasteiger partial charge in [0, 0.05) is 19.1 Å².